The molecule has 0 amide bonds. The van der Waals surface area contributed by atoms with E-state index in [9.17, 15) is 4.79 Å². The number of hydrogen-bond donors (Lipinski definition) is 2. The number of aromatic nitrogens is 2. The predicted molar refractivity (Wildman–Crippen MR) is 93.4 cm³/mol. The number of aromatic carboxylic acids is 1. The molecule has 0 aliphatic heterocycles. The van der Waals surface area contributed by atoms with Crippen molar-refractivity contribution < 1.29 is 9.90 Å². The van der Waals surface area contributed by atoms with Crippen LogP contribution in [0, 0.1) is 6.92 Å². The molecule has 0 fully saturated rings. The van der Waals surface area contributed by atoms with Crippen molar-refractivity contribution in [3.63, 3.8) is 0 Å². The van der Waals surface area contributed by atoms with E-state index < -0.39 is 5.97 Å². The van der Waals surface area contributed by atoms with Crippen LogP contribution in [0.1, 0.15) is 27.2 Å². The fourth-order valence-electron chi connectivity index (χ4n) is 2.56. The van der Waals surface area contributed by atoms with Gasteiger partial charge in [-0.1, -0.05) is 18.2 Å². The van der Waals surface area contributed by atoms with Crippen LogP contribution in [0.4, 0.5) is 0 Å². The quantitative estimate of drug-likeness (QED) is 0.725. The van der Waals surface area contributed by atoms with E-state index in [1.807, 2.05) is 24.3 Å². The summed E-state index contributed by atoms with van der Waals surface area (Å²) in [4.78, 5) is 12.1. The van der Waals surface area contributed by atoms with Crippen molar-refractivity contribution in [3.8, 4) is 11.3 Å². The molecular formula is C18H17N2O2S+. The topological polar surface area (TPSA) is 66.0 Å². The van der Waals surface area contributed by atoms with E-state index in [0.717, 1.165) is 33.8 Å². The molecule has 4 nitrogen and oxygen atoms in total. The summed E-state index contributed by atoms with van der Waals surface area (Å²) in [6.45, 7) is 1.79. The lowest BCUT2D eigenvalue weighted by molar-refractivity contribution is 0.0696. The maximum Gasteiger partial charge on any atom is 0.335 e. The zero-order valence-corrected chi connectivity index (χ0v) is 13.6. The van der Waals surface area contributed by atoms with Gasteiger partial charge in [0.1, 0.15) is 0 Å². The highest BCUT2D eigenvalue weighted by Crippen LogP contribution is 2.22. The summed E-state index contributed by atoms with van der Waals surface area (Å²) in [5.74, 6) is -0.911. The molecule has 116 valence electrons. The van der Waals surface area contributed by atoms with Gasteiger partial charge in [0, 0.05) is 17.7 Å². The average Bonchev–Trinajstić information content (AvgIpc) is 2.95. The summed E-state index contributed by atoms with van der Waals surface area (Å²) < 4.78 is 0. The summed E-state index contributed by atoms with van der Waals surface area (Å²) in [6.07, 6.45) is 0.761. The van der Waals surface area contributed by atoms with Crippen LogP contribution in [0.3, 0.4) is 0 Å². The van der Waals surface area contributed by atoms with Crippen molar-refractivity contribution in [2.45, 2.75) is 18.2 Å². The number of nitrogens with one attached hydrogen (secondary N) is 1. The number of aryl methyl sites for hydroxylation is 1. The fraction of sp³-hybridized carbons (Fsp3) is 0.111. The van der Waals surface area contributed by atoms with Crippen LogP contribution in [0.2, 0.25) is 0 Å². The zero-order chi connectivity index (χ0) is 16.4. The van der Waals surface area contributed by atoms with E-state index in [1.54, 1.807) is 19.1 Å². The molecule has 5 heteroatoms. The number of carboxylic acids is 1. The molecule has 0 saturated carbocycles. The smallest absolute Gasteiger partial charge is 0.335 e. The maximum absolute atomic E-state index is 11.1. The van der Waals surface area contributed by atoms with Gasteiger partial charge in [-0.15, -0.1) is 0 Å². The molecular weight excluding hydrogens is 308 g/mol. The summed E-state index contributed by atoms with van der Waals surface area (Å²) in [5.41, 5.74) is 4.96. The molecule has 2 aromatic carbocycles. The predicted octanol–water partition coefficient (Wildman–Crippen LogP) is 3.04. The molecule has 0 radical (unpaired) electrons. The largest absolute Gasteiger partial charge is 0.478 e. The van der Waals surface area contributed by atoms with Gasteiger partial charge in [0.2, 0.25) is 0 Å². The standard InChI is InChI=1S/C18H16N2O2S/c1-11-7-13(5-6-16(11)18(21)22)17-10-14(19-20-17)8-12-3-2-4-15(23)9-12/h2-7,9-10,23H,8H2,1H3,(H,19,20)(H,21,22)/p+1. The van der Waals surface area contributed by atoms with Crippen LogP contribution in [0.25, 0.3) is 11.3 Å². The van der Waals surface area contributed by atoms with E-state index in [4.69, 9.17) is 5.11 Å². The molecule has 2 N–H and O–H groups in total. The lowest BCUT2D eigenvalue weighted by atomic mass is 10.0. The van der Waals surface area contributed by atoms with Crippen molar-refractivity contribution >= 4 is 18.6 Å². The first-order valence-corrected chi connectivity index (χ1v) is 7.72. The third-order valence-corrected chi connectivity index (χ3v) is 4.02. The first-order chi connectivity index (χ1) is 11.0. The van der Waals surface area contributed by atoms with Gasteiger partial charge >= 0.3 is 5.97 Å². The van der Waals surface area contributed by atoms with Crippen LogP contribution < -0.4 is 0 Å². The highest BCUT2D eigenvalue weighted by Gasteiger charge is 2.10. The molecule has 1 heterocycles. The van der Waals surface area contributed by atoms with Gasteiger partial charge in [-0.3, -0.25) is 5.10 Å². The van der Waals surface area contributed by atoms with Crippen molar-refractivity contribution in [1.82, 2.24) is 10.2 Å². The van der Waals surface area contributed by atoms with E-state index >= 15 is 0 Å². The Morgan fingerprint density at radius 1 is 1.22 bits per heavy atom. The van der Waals surface area contributed by atoms with Crippen molar-refractivity contribution in [3.05, 3.63) is 70.9 Å². The van der Waals surface area contributed by atoms with E-state index in [2.05, 4.69) is 35.0 Å². The molecule has 0 aliphatic carbocycles. The minimum Gasteiger partial charge on any atom is -0.478 e. The van der Waals surface area contributed by atoms with Gasteiger partial charge in [-0.2, -0.15) is 5.10 Å². The lowest BCUT2D eigenvalue weighted by Crippen LogP contribution is -1.99. The van der Waals surface area contributed by atoms with Crippen LogP contribution in [-0.2, 0) is 19.0 Å². The van der Waals surface area contributed by atoms with Crippen LogP contribution in [0.5, 0.6) is 0 Å². The minimum absolute atomic E-state index is 0.318. The number of carbonyl (C=O) groups is 1. The van der Waals surface area contributed by atoms with Gasteiger partial charge in [0.15, 0.2) is 4.90 Å². The molecule has 23 heavy (non-hydrogen) atoms. The Bertz CT molecular complexity index is 871. The number of rotatable bonds is 4. The maximum atomic E-state index is 11.1. The molecule has 0 bridgehead atoms. The molecule has 3 aromatic rings. The molecule has 0 atom stereocenters. The molecule has 0 aliphatic rings. The number of nitrogens with zero attached hydrogens (tertiary/aromatic N) is 1. The van der Waals surface area contributed by atoms with Crippen molar-refractivity contribution in [1.29, 1.82) is 0 Å². The number of hydrogen-bond acceptors (Lipinski definition) is 2. The summed E-state index contributed by atoms with van der Waals surface area (Å²) >= 11 is 3.52. The second-order valence-electron chi connectivity index (χ2n) is 5.49. The van der Waals surface area contributed by atoms with Gasteiger partial charge < -0.3 is 5.11 Å². The Kier molecular flexibility index (Phi) is 4.21. The second-order valence-corrected chi connectivity index (χ2v) is 6.07. The number of benzene rings is 2. The third-order valence-electron chi connectivity index (χ3n) is 3.71. The minimum atomic E-state index is -0.911. The van der Waals surface area contributed by atoms with Crippen LogP contribution >= 0.6 is 0 Å². The van der Waals surface area contributed by atoms with Crippen molar-refractivity contribution in [2.75, 3.05) is 0 Å². The van der Waals surface area contributed by atoms with Crippen molar-refractivity contribution in [2.24, 2.45) is 0 Å². The van der Waals surface area contributed by atoms with E-state index in [1.165, 1.54) is 5.56 Å². The number of aromatic amines is 1. The Morgan fingerprint density at radius 2 is 2.04 bits per heavy atom. The first kappa shape index (κ1) is 15.4. The molecule has 0 spiro atoms. The average molecular weight is 325 g/mol. The van der Waals surface area contributed by atoms with E-state index in [-0.39, 0.29) is 0 Å². The summed E-state index contributed by atoms with van der Waals surface area (Å²) in [5, 5.41) is 16.5. The highest BCUT2D eigenvalue weighted by atomic mass is 32.1. The van der Waals surface area contributed by atoms with Gasteiger partial charge in [0.05, 0.1) is 11.3 Å². The summed E-state index contributed by atoms with van der Waals surface area (Å²) in [6, 6.07) is 15.4. The third kappa shape index (κ3) is 3.46. The van der Waals surface area contributed by atoms with Gasteiger partial charge in [-0.25, -0.2) is 4.79 Å². The molecule has 0 unspecified atom stereocenters. The Hall–Kier alpha value is -2.53. The zero-order valence-electron chi connectivity index (χ0n) is 12.6. The van der Waals surface area contributed by atoms with Gasteiger partial charge in [0.25, 0.3) is 0 Å². The number of H-pyrrole nitrogens is 1. The fourth-order valence-corrected chi connectivity index (χ4v) is 2.85. The Morgan fingerprint density at radius 3 is 2.74 bits per heavy atom. The number of carboxylic acid groups (broad SMARTS) is 1. The highest BCUT2D eigenvalue weighted by molar-refractivity contribution is 7.58. The van der Waals surface area contributed by atoms with Crippen LogP contribution in [0.15, 0.2) is 53.4 Å². The first-order valence-electron chi connectivity index (χ1n) is 7.22. The van der Waals surface area contributed by atoms with Gasteiger partial charge in [-0.05, 0) is 61.0 Å². The van der Waals surface area contributed by atoms with Crippen LogP contribution in [-0.4, -0.2) is 21.3 Å². The summed E-state index contributed by atoms with van der Waals surface area (Å²) in [7, 11) is 0. The normalized spacial score (nSPS) is 10.7. The SMILES string of the molecule is Cc1cc(-c2cc(Cc3cccc([SH2+])c3)[nH]n2)ccc1C(=O)O. The second kappa shape index (κ2) is 6.30. The monoisotopic (exact) mass is 325 g/mol. The lowest BCUT2D eigenvalue weighted by Gasteiger charge is -2.02. The molecule has 0 saturated heterocycles. The molecule has 3 rings (SSSR count). The molecule has 1 aromatic heterocycles. The Balaban J connectivity index is 1.84. The van der Waals surface area contributed by atoms with E-state index in [0.29, 0.717) is 5.56 Å². The Labute approximate surface area is 139 Å².